The third-order valence-corrected chi connectivity index (χ3v) is 3.67. The highest BCUT2D eigenvalue weighted by Crippen LogP contribution is 2.22. The van der Waals surface area contributed by atoms with Crippen LogP contribution < -0.4 is 0 Å². The number of halogens is 1. The highest BCUT2D eigenvalue weighted by atomic mass is 35.5. The van der Waals surface area contributed by atoms with Gasteiger partial charge in [0.05, 0.1) is 9.21 Å². The van der Waals surface area contributed by atoms with Crippen molar-refractivity contribution < 1.29 is 4.79 Å². The summed E-state index contributed by atoms with van der Waals surface area (Å²) in [7, 11) is 0. The fourth-order valence-electron chi connectivity index (χ4n) is 1.39. The summed E-state index contributed by atoms with van der Waals surface area (Å²) in [4.78, 5) is 14.7. The average Bonchev–Trinajstić information content (AvgIpc) is 2.66. The molecular formula is C11H16ClNOS. The first-order chi connectivity index (χ1) is 7.17. The Kier molecular flexibility index (Phi) is 5.29. The number of thiophene rings is 1. The molecule has 1 heterocycles. The van der Waals surface area contributed by atoms with Crippen LogP contribution in [0.15, 0.2) is 12.1 Å². The minimum Gasteiger partial charge on any atom is -0.303 e. The molecule has 0 fully saturated rings. The number of hydrogen-bond acceptors (Lipinski definition) is 3. The van der Waals surface area contributed by atoms with E-state index in [1.807, 2.05) is 0 Å². The molecule has 0 aliphatic rings. The van der Waals surface area contributed by atoms with E-state index in [0.717, 1.165) is 24.5 Å². The van der Waals surface area contributed by atoms with Crippen molar-refractivity contribution in [3.05, 3.63) is 21.3 Å². The molecule has 0 bridgehead atoms. The molecule has 0 aliphatic carbocycles. The lowest BCUT2D eigenvalue weighted by molar-refractivity contribution is 0.0970. The molecule has 2 nitrogen and oxygen atoms in total. The van der Waals surface area contributed by atoms with Gasteiger partial charge in [-0.3, -0.25) is 4.79 Å². The van der Waals surface area contributed by atoms with Gasteiger partial charge < -0.3 is 4.90 Å². The van der Waals surface area contributed by atoms with Crippen molar-refractivity contribution >= 4 is 28.7 Å². The fourth-order valence-corrected chi connectivity index (χ4v) is 2.40. The number of carbonyl (C=O) groups excluding carboxylic acids is 1. The molecule has 0 amide bonds. The SMILES string of the molecule is CCN(CC)CCC(=O)c1ccc(Cl)s1. The molecule has 84 valence electrons. The molecule has 1 rings (SSSR count). The van der Waals surface area contributed by atoms with Crippen molar-refractivity contribution in [2.75, 3.05) is 19.6 Å². The molecule has 0 aliphatic heterocycles. The van der Waals surface area contributed by atoms with Gasteiger partial charge in [-0.05, 0) is 25.2 Å². The maximum atomic E-state index is 11.7. The maximum Gasteiger partial charge on any atom is 0.174 e. The van der Waals surface area contributed by atoms with Crippen molar-refractivity contribution in [2.45, 2.75) is 20.3 Å². The minimum absolute atomic E-state index is 0.193. The molecule has 0 aromatic carbocycles. The first kappa shape index (κ1) is 12.7. The van der Waals surface area contributed by atoms with Crippen LogP contribution in [0.1, 0.15) is 29.9 Å². The number of carbonyl (C=O) groups is 1. The van der Waals surface area contributed by atoms with Crippen LogP contribution in [-0.2, 0) is 0 Å². The van der Waals surface area contributed by atoms with Gasteiger partial charge in [-0.25, -0.2) is 0 Å². The Morgan fingerprint density at radius 1 is 1.40 bits per heavy atom. The molecule has 0 atom stereocenters. The third kappa shape index (κ3) is 3.93. The second kappa shape index (κ2) is 6.26. The van der Waals surface area contributed by atoms with Crippen LogP contribution in [0.4, 0.5) is 0 Å². The summed E-state index contributed by atoms with van der Waals surface area (Å²) >= 11 is 7.14. The second-order valence-electron chi connectivity index (χ2n) is 3.30. The van der Waals surface area contributed by atoms with E-state index < -0.39 is 0 Å². The summed E-state index contributed by atoms with van der Waals surface area (Å²) < 4.78 is 0.682. The number of nitrogens with zero attached hydrogens (tertiary/aromatic N) is 1. The van der Waals surface area contributed by atoms with Gasteiger partial charge in [0.1, 0.15) is 0 Å². The van der Waals surface area contributed by atoms with Crippen LogP contribution in [-0.4, -0.2) is 30.3 Å². The predicted molar refractivity (Wildman–Crippen MR) is 66.1 cm³/mol. The Labute approximate surface area is 99.9 Å². The first-order valence-corrected chi connectivity index (χ1v) is 6.37. The van der Waals surface area contributed by atoms with E-state index in [4.69, 9.17) is 11.6 Å². The van der Waals surface area contributed by atoms with Gasteiger partial charge in [-0.1, -0.05) is 25.4 Å². The zero-order chi connectivity index (χ0) is 11.3. The number of rotatable bonds is 6. The molecule has 0 N–H and O–H groups in total. The largest absolute Gasteiger partial charge is 0.303 e. The van der Waals surface area contributed by atoms with Crippen molar-refractivity contribution in [3.8, 4) is 0 Å². The monoisotopic (exact) mass is 245 g/mol. The lowest BCUT2D eigenvalue weighted by Crippen LogP contribution is -2.25. The van der Waals surface area contributed by atoms with Crippen molar-refractivity contribution in [2.24, 2.45) is 0 Å². The van der Waals surface area contributed by atoms with E-state index in [-0.39, 0.29) is 5.78 Å². The second-order valence-corrected chi connectivity index (χ2v) is 5.02. The van der Waals surface area contributed by atoms with Gasteiger partial charge in [-0.15, -0.1) is 11.3 Å². The zero-order valence-electron chi connectivity index (χ0n) is 9.12. The van der Waals surface area contributed by atoms with Gasteiger partial charge in [0, 0.05) is 13.0 Å². The maximum absolute atomic E-state index is 11.7. The minimum atomic E-state index is 0.193. The Bertz CT molecular complexity index is 320. The van der Waals surface area contributed by atoms with Gasteiger partial charge in [0.25, 0.3) is 0 Å². The van der Waals surface area contributed by atoms with E-state index in [1.54, 1.807) is 12.1 Å². The molecule has 0 radical (unpaired) electrons. The topological polar surface area (TPSA) is 20.3 Å². The Balaban J connectivity index is 2.42. The van der Waals surface area contributed by atoms with Crippen molar-refractivity contribution in [1.29, 1.82) is 0 Å². The molecule has 1 aromatic heterocycles. The highest BCUT2D eigenvalue weighted by molar-refractivity contribution is 7.18. The number of ketones is 1. The zero-order valence-corrected chi connectivity index (χ0v) is 10.7. The first-order valence-electron chi connectivity index (χ1n) is 5.18. The lowest BCUT2D eigenvalue weighted by atomic mass is 10.2. The van der Waals surface area contributed by atoms with E-state index in [0.29, 0.717) is 10.8 Å². The summed E-state index contributed by atoms with van der Waals surface area (Å²) in [6.45, 7) is 7.04. The van der Waals surface area contributed by atoms with Gasteiger partial charge in [0.15, 0.2) is 5.78 Å². The predicted octanol–water partition coefficient (Wildman–Crippen LogP) is 3.32. The molecule has 1 aromatic rings. The summed E-state index contributed by atoms with van der Waals surface area (Å²) in [5.74, 6) is 0.193. The lowest BCUT2D eigenvalue weighted by Gasteiger charge is -2.16. The van der Waals surface area contributed by atoms with Gasteiger partial charge in [0.2, 0.25) is 0 Å². The Morgan fingerprint density at radius 3 is 2.53 bits per heavy atom. The van der Waals surface area contributed by atoms with Crippen LogP contribution in [0, 0.1) is 0 Å². The number of Topliss-reactive ketones (excluding diaryl/α,β-unsaturated/α-hetero) is 1. The smallest absolute Gasteiger partial charge is 0.174 e. The molecule has 4 heteroatoms. The van der Waals surface area contributed by atoms with Gasteiger partial charge in [-0.2, -0.15) is 0 Å². The quantitative estimate of drug-likeness (QED) is 0.717. The molecular weight excluding hydrogens is 230 g/mol. The molecule has 0 unspecified atom stereocenters. The average molecular weight is 246 g/mol. The van der Waals surface area contributed by atoms with E-state index in [2.05, 4.69) is 18.7 Å². The van der Waals surface area contributed by atoms with Crippen molar-refractivity contribution in [1.82, 2.24) is 4.90 Å². The molecule has 0 spiro atoms. The van der Waals surface area contributed by atoms with Crippen LogP contribution in [0.2, 0.25) is 4.34 Å². The van der Waals surface area contributed by atoms with Crippen LogP contribution in [0.5, 0.6) is 0 Å². The summed E-state index contributed by atoms with van der Waals surface area (Å²) in [6.07, 6.45) is 0.582. The normalized spacial score (nSPS) is 10.9. The van der Waals surface area contributed by atoms with E-state index in [1.165, 1.54) is 11.3 Å². The molecule has 15 heavy (non-hydrogen) atoms. The summed E-state index contributed by atoms with van der Waals surface area (Å²) in [5, 5.41) is 0. The Hall–Kier alpha value is -0.380. The summed E-state index contributed by atoms with van der Waals surface area (Å²) in [5.41, 5.74) is 0. The van der Waals surface area contributed by atoms with Crippen LogP contribution >= 0.6 is 22.9 Å². The molecule has 0 saturated heterocycles. The van der Waals surface area contributed by atoms with Gasteiger partial charge >= 0.3 is 0 Å². The highest BCUT2D eigenvalue weighted by Gasteiger charge is 2.10. The number of hydrogen-bond donors (Lipinski definition) is 0. The van der Waals surface area contributed by atoms with E-state index >= 15 is 0 Å². The molecule has 0 saturated carbocycles. The summed E-state index contributed by atoms with van der Waals surface area (Å²) in [6, 6.07) is 3.58. The van der Waals surface area contributed by atoms with Crippen LogP contribution in [0.3, 0.4) is 0 Å². The van der Waals surface area contributed by atoms with Crippen LogP contribution in [0.25, 0.3) is 0 Å². The fraction of sp³-hybridized carbons (Fsp3) is 0.545. The van der Waals surface area contributed by atoms with E-state index in [9.17, 15) is 4.79 Å². The van der Waals surface area contributed by atoms with Crippen molar-refractivity contribution in [3.63, 3.8) is 0 Å². The third-order valence-electron chi connectivity index (χ3n) is 2.40. The Morgan fingerprint density at radius 2 is 2.07 bits per heavy atom. The standard InChI is InChI=1S/C11H16ClNOS/c1-3-13(4-2)8-7-9(14)10-5-6-11(12)15-10/h5-6H,3-4,7-8H2,1-2H3.